The number of amides is 7. The average Bonchev–Trinajstić information content (AvgIpc) is 4.02. The van der Waals surface area contributed by atoms with E-state index in [1.165, 1.54) is 4.90 Å². The van der Waals surface area contributed by atoms with Crippen molar-refractivity contribution in [3.8, 4) is 17.2 Å². The molecule has 2 bridgehead atoms. The molecule has 9 rings (SSSR count). The summed E-state index contributed by atoms with van der Waals surface area (Å²) in [6.07, 6.45) is 3.55. The first-order valence-corrected chi connectivity index (χ1v) is 26.3. The fourth-order valence-corrected chi connectivity index (χ4v) is 11.6. The van der Waals surface area contributed by atoms with Gasteiger partial charge >= 0.3 is 6.03 Å². The van der Waals surface area contributed by atoms with Gasteiger partial charge in [0, 0.05) is 54.6 Å². The smallest absolute Gasteiger partial charge is 0.321 e. The number of likely N-dealkylation sites (N-methyl/N-ethyl adjacent to an activating group) is 2. The van der Waals surface area contributed by atoms with Crippen LogP contribution < -0.4 is 46.3 Å². The average molecular weight is 1060 g/mol. The summed E-state index contributed by atoms with van der Waals surface area (Å²) in [5.41, 5.74) is 3.32. The zero-order valence-electron chi connectivity index (χ0n) is 43.3. The van der Waals surface area contributed by atoms with E-state index in [2.05, 4.69) is 36.8 Å². The number of benzene rings is 4. The van der Waals surface area contributed by atoms with E-state index in [1.54, 1.807) is 37.4 Å². The van der Waals surface area contributed by atoms with Crippen molar-refractivity contribution in [1.82, 2.24) is 31.5 Å². The molecule has 3 heterocycles. The number of nitrogens with one attached hydrogen (secondary N) is 6. The zero-order chi connectivity index (χ0) is 54.1. The topological polar surface area (TPSA) is 271 Å². The summed E-state index contributed by atoms with van der Waals surface area (Å²) in [7, 11) is 3.68. The van der Waals surface area contributed by atoms with Gasteiger partial charge in [-0.15, -0.1) is 0 Å². The molecule has 3 aliphatic heterocycles. The molecule has 0 aromatic heterocycles. The van der Waals surface area contributed by atoms with Gasteiger partial charge in [0.25, 0.3) is 5.91 Å². The predicted octanol–water partition coefficient (Wildman–Crippen LogP) is 2.64. The molecule has 0 radical (unpaired) electrons. The van der Waals surface area contributed by atoms with Gasteiger partial charge in [0.1, 0.15) is 44.9 Å². The second-order valence-corrected chi connectivity index (χ2v) is 20.1. The summed E-state index contributed by atoms with van der Waals surface area (Å²) in [4.78, 5) is 85.2. The van der Waals surface area contributed by atoms with Crippen LogP contribution in [-0.2, 0) is 45.3 Å². The highest BCUT2D eigenvalue weighted by molar-refractivity contribution is 6.20. The van der Waals surface area contributed by atoms with Crippen molar-refractivity contribution < 1.29 is 57.9 Å². The van der Waals surface area contributed by atoms with Gasteiger partial charge in [0.2, 0.25) is 29.8 Å². The first kappa shape index (κ1) is 54.2. The van der Waals surface area contributed by atoms with Gasteiger partial charge in [0.05, 0.1) is 35.0 Å². The van der Waals surface area contributed by atoms with Crippen LogP contribution >= 0.6 is 0 Å². The summed E-state index contributed by atoms with van der Waals surface area (Å²) >= 11 is 0. The maximum absolute atomic E-state index is 13.5. The molecule has 0 unspecified atom stereocenters. The number of para-hydroxylation sites is 1. The Kier molecular flexibility index (Phi) is 17.0. The Morgan fingerprint density at radius 3 is 2.17 bits per heavy atom. The third-order valence-electron chi connectivity index (χ3n) is 15.2. The standard InChI is InChI=1S/C56H67N9O12/c1-64-27-23-55-48-36-19-20-42(66)50(48)77-51(55)40(21-22-56(55,73)43(64)29-36)61-47(70)34-75-32-45(68)58-25-11-4-3-10-24-57-44(67)31-74-33-46(69)59-26-28-76-38-16-12-15-37(30-38)60-54(72)63-52-53(71)65(2)41-18-9-8-17-39(41)49(62-52)35-13-6-5-7-14-35/h5-9,12-20,30,40,43,51-52,66,73H,3-4,10-11,21-29,31-34H2,1-2H3,(H,57,67)(H,58,68)(H,59,69)(H,61,70)(H2,60,63,72)/t40-,43+,51-,52-,55-,56+/m0/s1. The van der Waals surface area contributed by atoms with Crippen LogP contribution in [0.15, 0.2) is 96.0 Å². The molecular weight excluding hydrogens is 991 g/mol. The minimum Gasteiger partial charge on any atom is -0.504 e. The van der Waals surface area contributed by atoms with Crippen LogP contribution in [0.1, 0.15) is 67.2 Å². The highest BCUT2D eigenvalue weighted by atomic mass is 16.5. The van der Waals surface area contributed by atoms with E-state index < -0.39 is 53.1 Å². The first-order valence-electron chi connectivity index (χ1n) is 26.3. The summed E-state index contributed by atoms with van der Waals surface area (Å²) < 4.78 is 22.9. The van der Waals surface area contributed by atoms with Crippen LogP contribution in [0.5, 0.6) is 17.2 Å². The van der Waals surface area contributed by atoms with Crippen molar-refractivity contribution in [2.45, 2.75) is 86.7 Å². The minimum absolute atomic E-state index is 0.0331. The number of unbranched alkanes of at least 4 members (excludes halogenated alkanes) is 3. The minimum atomic E-state index is -1.20. The van der Waals surface area contributed by atoms with Crippen LogP contribution in [0.25, 0.3) is 0 Å². The molecule has 1 spiro atoms. The van der Waals surface area contributed by atoms with Crippen molar-refractivity contribution in [3.63, 3.8) is 0 Å². The Balaban J connectivity index is 0.585. The first-order chi connectivity index (χ1) is 37.2. The number of anilines is 2. The van der Waals surface area contributed by atoms with E-state index in [0.717, 1.165) is 41.6 Å². The van der Waals surface area contributed by atoms with Gasteiger partial charge in [0.15, 0.2) is 11.5 Å². The number of piperidine rings is 1. The third-order valence-corrected chi connectivity index (χ3v) is 15.2. The molecule has 7 amide bonds. The largest absolute Gasteiger partial charge is 0.504 e. The SMILES string of the molecule is CN1C(=O)[C@H](NC(=O)Nc2cccc(OCCNC(=O)COCC(=O)NCCCCCCNC(=O)COCC(=O)N[C@H]3CC[C@@]4(O)[C@H]5Cc6ccc(O)c7c6[C@@]4(CCN5C)[C@H]3O7)c2)N=C(c2ccccc2)c2ccccc21. The molecule has 408 valence electrons. The lowest BCUT2D eigenvalue weighted by Gasteiger charge is -2.63. The number of aliphatic hydroxyl groups is 1. The van der Waals surface area contributed by atoms with Gasteiger partial charge in [-0.25, -0.2) is 9.79 Å². The van der Waals surface area contributed by atoms with Crippen molar-refractivity contribution >= 4 is 52.7 Å². The van der Waals surface area contributed by atoms with Crippen molar-refractivity contribution in [2.24, 2.45) is 4.99 Å². The molecule has 8 N–H and O–H groups in total. The molecule has 1 saturated heterocycles. The number of ether oxygens (including phenoxy) is 4. The normalized spacial score (nSPS) is 22.7. The van der Waals surface area contributed by atoms with E-state index in [4.69, 9.17) is 23.9 Å². The monoisotopic (exact) mass is 1060 g/mol. The number of nitrogens with zero attached hydrogens (tertiary/aromatic N) is 3. The molecule has 21 nitrogen and oxygen atoms in total. The second kappa shape index (κ2) is 24.2. The number of phenolic OH excluding ortho intramolecular Hbond substituents is 1. The van der Waals surface area contributed by atoms with Crippen LogP contribution in [0.4, 0.5) is 16.2 Å². The maximum Gasteiger partial charge on any atom is 0.321 e. The van der Waals surface area contributed by atoms with Gasteiger partial charge in [-0.3, -0.25) is 24.0 Å². The molecular formula is C56H67N9O12. The third kappa shape index (κ3) is 11.9. The summed E-state index contributed by atoms with van der Waals surface area (Å²) in [5, 5.41) is 39.8. The van der Waals surface area contributed by atoms with Crippen molar-refractivity contribution in [3.05, 3.63) is 113 Å². The number of hydrogen-bond acceptors (Lipinski definition) is 14. The number of likely N-dealkylation sites (tertiary alicyclic amines) is 1. The van der Waals surface area contributed by atoms with E-state index >= 15 is 0 Å². The Hall–Kier alpha value is -7.59. The number of phenols is 1. The molecule has 2 aliphatic carbocycles. The quantitative estimate of drug-likeness (QED) is 0.0498. The lowest BCUT2D eigenvalue weighted by Crippen LogP contribution is -2.77. The van der Waals surface area contributed by atoms with Crippen LogP contribution in [0.2, 0.25) is 0 Å². The van der Waals surface area contributed by atoms with E-state index in [0.29, 0.717) is 80.2 Å². The fraction of sp³-hybridized carbons (Fsp3) is 0.446. The molecule has 6 atom stereocenters. The molecule has 4 aromatic rings. The summed E-state index contributed by atoms with van der Waals surface area (Å²) in [5.74, 6) is -1.05. The lowest BCUT2D eigenvalue weighted by atomic mass is 9.48. The second-order valence-electron chi connectivity index (χ2n) is 20.1. The summed E-state index contributed by atoms with van der Waals surface area (Å²) in [6, 6.07) is 25.9. The Morgan fingerprint density at radius 2 is 1.44 bits per heavy atom. The van der Waals surface area contributed by atoms with Crippen molar-refractivity contribution in [1.29, 1.82) is 0 Å². The van der Waals surface area contributed by atoms with E-state index in [-0.39, 0.29) is 63.2 Å². The molecule has 4 aromatic carbocycles. The number of carbonyl (C=O) groups is 6. The number of aromatic hydroxyl groups is 1. The number of rotatable bonds is 23. The number of carbonyl (C=O) groups excluding carboxylic acids is 6. The number of benzodiazepines with no additional fused rings is 1. The van der Waals surface area contributed by atoms with Crippen molar-refractivity contribution in [2.75, 3.05) is 83.5 Å². The summed E-state index contributed by atoms with van der Waals surface area (Å²) in [6.45, 7) is 0.670. The van der Waals surface area contributed by atoms with E-state index in [1.807, 2.05) is 67.7 Å². The number of hydrogen-bond donors (Lipinski definition) is 8. The highest BCUT2D eigenvalue weighted by Crippen LogP contribution is 2.65. The van der Waals surface area contributed by atoms with Crippen LogP contribution in [0, 0.1) is 0 Å². The molecule has 5 aliphatic rings. The van der Waals surface area contributed by atoms with Gasteiger partial charge < -0.3 is 70.9 Å². The molecule has 2 fully saturated rings. The van der Waals surface area contributed by atoms with Gasteiger partial charge in [-0.05, 0) is 81.9 Å². The number of urea groups is 1. The zero-order valence-corrected chi connectivity index (χ0v) is 43.3. The lowest BCUT2D eigenvalue weighted by molar-refractivity contribution is -0.187. The molecule has 21 heteroatoms. The molecule has 1 saturated carbocycles. The van der Waals surface area contributed by atoms with Gasteiger partial charge in [-0.2, -0.15) is 0 Å². The van der Waals surface area contributed by atoms with E-state index in [9.17, 15) is 39.0 Å². The van der Waals surface area contributed by atoms with Crippen LogP contribution in [-0.4, -0.2) is 160 Å². The highest BCUT2D eigenvalue weighted by Gasteiger charge is 2.72. The number of aliphatic imine (C=N–C) groups is 1. The number of fused-ring (bicyclic) bond motifs is 1. The maximum atomic E-state index is 13.5. The Labute approximate surface area is 446 Å². The van der Waals surface area contributed by atoms with Crippen LogP contribution in [0.3, 0.4) is 0 Å². The molecule has 77 heavy (non-hydrogen) atoms. The van der Waals surface area contributed by atoms with Gasteiger partial charge in [-0.1, -0.05) is 73.5 Å². The fourth-order valence-electron chi connectivity index (χ4n) is 11.6. The Bertz CT molecular complexity index is 2870. The Morgan fingerprint density at radius 1 is 0.766 bits per heavy atom. The predicted molar refractivity (Wildman–Crippen MR) is 284 cm³/mol.